The number of nitrogens with zero attached hydrogens (tertiary/aromatic N) is 2. The molecule has 0 radical (unpaired) electrons. The number of rotatable bonds is 12. The van der Waals surface area contributed by atoms with Crippen LogP contribution in [0.25, 0.3) is 10.8 Å². The third kappa shape index (κ3) is 12.6. The zero-order chi connectivity index (χ0) is 37.5. The van der Waals surface area contributed by atoms with E-state index in [4.69, 9.17) is 22.9 Å². The number of aliphatic imine (C=N–C) groups is 2. The summed E-state index contributed by atoms with van der Waals surface area (Å²) in [6.45, 7) is 0.152. The van der Waals surface area contributed by atoms with Gasteiger partial charge in [-0.25, -0.2) is 0 Å². The first-order chi connectivity index (χ1) is 25.0. The van der Waals surface area contributed by atoms with E-state index in [1.54, 1.807) is 24.3 Å². The Labute approximate surface area is 302 Å². The number of hydrogen-bond acceptors (Lipinski definition) is 7. The van der Waals surface area contributed by atoms with Crippen LogP contribution in [0.2, 0.25) is 0 Å². The van der Waals surface area contributed by atoms with Crippen LogP contribution in [0.4, 0.5) is 0 Å². The van der Waals surface area contributed by atoms with Gasteiger partial charge in [-0.1, -0.05) is 66.7 Å². The van der Waals surface area contributed by atoms with Crippen molar-refractivity contribution in [3.8, 4) is 5.75 Å². The standard InChI is InChI=1S/C37H48N10O5/c38-36(39)42-17-3-7-26-13-14-28(8-4-18-43-37(40)41)45-35(52)31(20-23-10-15-29(48)16-11-23)46-32(49)22-44-34(51)30(47-33(26)50)21-24-9-12-25-5-1-2-6-27(25)19-24/h1-2,5-6,9-16,19,26,28,30-31,48H,3-4,7-8,17-18,20-22H2,(H,44,51)(H,45,52)(H,46,49)(H,47,50)(H4,38,39,42)(H4,40,41,43)/b14-13+/t26-,28+,30+,31-/m1/s1. The molecule has 4 atom stereocenters. The van der Waals surface area contributed by atoms with Crippen molar-refractivity contribution >= 4 is 46.3 Å². The fraction of sp³-hybridized carbons (Fsp3) is 0.351. The molecule has 276 valence electrons. The van der Waals surface area contributed by atoms with E-state index in [2.05, 4.69) is 31.3 Å². The van der Waals surface area contributed by atoms with Crippen LogP contribution < -0.4 is 44.2 Å². The Morgan fingerprint density at radius 3 is 1.98 bits per heavy atom. The third-order valence-electron chi connectivity index (χ3n) is 8.51. The monoisotopic (exact) mass is 712 g/mol. The fourth-order valence-electron chi connectivity index (χ4n) is 5.82. The average molecular weight is 713 g/mol. The minimum atomic E-state index is -1.03. The number of hydrogen-bond donors (Lipinski definition) is 9. The molecule has 52 heavy (non-hydrogen) atoms. The summed E-state index contributed by atoms with van der Waals surface area (Å²) in [5.41, 5.74) is 23.5. The van der Waals surface area contributed by atoms with Crippen LogP contribution in [0.1, 0.15) is 36.8 Å². The quantitative estimate of drug-likeness (QED) is 0.0536. The molecule has 4 amide bonds. The fourth-order valence-corrected chi connectivity index (χ4v) is 5.82. The number of nitrogens with two attached hydrogens (primary N) is 4. The van der Waals surface area contributed by atoms with Crippen molar-refractivity contribution in [1.82, 2.24) is 21.3 Å². The highest BCUT2D eigenvalue weighted by molar-refractivity contribution is 5.94. The van der Waals surface area contributed by atoms with E-state index >= 15 is 0 Å². The highest BCUT2D eigenvalue weighted by Crippen LogP contribution is 2.18. The molecule has 0 fully saturated rings. The van der Waals surface area contributed by atoms with Crippen molar-refractivity contribution in [2.24, 2.45) is 38.8 Å². The molecule has 0 aromatic heterocycles. The Morgan fingerprint density at radius 2 is 1.29 bits per heavy atom. The Hall–Kier alpha value is -6.12. The summed E-state index contributed by atoms with van der Waals surface area (Å²) in [6.07, 6.45) is 5.39. The van der Waals surface area contributed by atoms with E-state index in [9.17, 15) is 24.3 Å². The summed E-state index contributed by atoms with van der Waals surface area (Å²) < 4.78 is 0. The summed E-state index contributed by atoms with van der Waals surface area (Å²) in [5, 5.41) is 23.0. The van der Waals surface area contributed by atoms with Gasteiger partial charge in [-0.05, 0) is 59.7 Å². The van der Waals surface area contributed by atoms with Gasteiger partial charge in [0.1, 0.15) is 17.8 Å². The maximum absolute atomic E-state index is 13.9. The number of carbonyl (C=O) groups excluding carboxylic acids is 4. The van der Waals surface area contributed by atoms with Crippen molar-refractivity contribution in [1.29, 1.82) is 0 Å². The number of nitrogens with one attached hydrogen (secondary N) is 4. The molecule has 0 aliphatic carbocycles. The topological polar surface area (TPSA) is 265 Å². The van der Waals surface area contributed by atoms with Crippen molar-refractivity contribution in [3.63, 3.8) is 0 Å². The normalized spacial score (nSPS) is 20.6. The molecule has 0 spiro atoms. The van der Waals surface area contributed by atoms with Crippen molar-refractivity contribution in [3.05, 3.63) is 90.0 Å². The molecular formula is C37H48N10O5. The lowest BCUT2D eigenvalue weighted by Crippen LogP contribution is -2.54. The minimum absolute atomic E-state index is 0.0576. The summed E-state index contributed by atoms with van der Waals surface area (Å²) in [5.74, 6) is -2.86. The Morgan fingerprint density at radius 1 is 0.673 bits per heavy atom. The molecule has 1 heterocycles. The van der Waals surface area contributed by atoms with Crippen LogP contribution in [0, 0.1) is 5.92 Å². The number of phenols is 1. The summed E-state index contributed by atoms with van der Waals surface area (Å²) in [7, 11) is 0. The van der Waals surface area contributed by atoms with Crippen molar-refractivity contribution in [2.75, 3.05) is 19.6 Å². The molecule has 3 aromatic rings. The molecule has 13 N–H and O–H groups in total. The Balaban J connectivity index is 1.67. The van der Waals surface area contributed by atoms with Gasteiger partial charge in [-0.3, -0.25) is 29.2 Å². The van der Waals surface area contributed by atoms with Crippen LogP contribution in [-0.2, 0) is 32.0 Å². The van der Waals surface area contributed by atoms with Crippen LogP contribution in [-0.4, -0.2) is 78.4 Å². The molecule has 0 saturated carbocycles. The summed E-state index contributed by atoms with van der Waals surface area (Å²) in [4.78, 5) is 62.7. The Bertz CT molecular complexity index is 1780. The van der Waals surface area contributed by atoms with E-state index in [0.717, 1.165) is 16.3 Å². The number of guanidine groups is 2. The zero-order valence-electron chi connectivity index (χ0n) is 29.0. The van der Waals surface area contributed by atoms with Crippen molar-refractivity contribution in [2.45, 2.75) is 56.7 Å². The highest BCUT2D eigenvalue weighted by Gasteiger charge is 2.28. The van der Waals surface area contributed by atoms with Crippen LogP contribution >= 0.6 is 0 Å². The van der Waals surface area contributed by atoms with Crippen molar-refractivity contribution < 1.29 is 24.3 Å². The molecule has 3 aromatic carbocycles. The van der Waals surface area contributed by atoms with E-state index in [-0.39, 0.29) is 37.1 Å². The molecule has 0 saturated heterocycles. The molecule has 0 bridgehead atoms. The summed E-state index contributed by atoms with van der Waals surface area (Å²) in [6, 6.07) is 17.3. The SMILES string of the molecule is NC(N)=NCCC[C@H]1/C=C/[C@@H](CCCN=C(N)N)C(=O)N[C@@H](Cc2ccc3ccccc3c2)C(=O)NCC(=O)N[C@H](Cc2ccc(O)cc2)C(=O)N1. The van der Waals surface area contributed by atoms with Gasteiger partial charge in [0.2, 0.25) is 23.6 Å². The van der Waals surface area contributed by atoms with E-state index in [1.807, 2.05) is 42.5 Å². The van der Waals surface area contributed by atoms with Crippen LogP contribution in [0.3, 0.4) is 0 Å². The number of carbonyl (C=O) groups is 4. The van der Waals surface area contributed by atoms with Gasteiger partial charge >= 0.3 is 0 Å². The lowest BCUT2D eigenvalue weighted by molar-refractivity contribution is -0.132. The molecule has 1 aliphatic rings. The first kappa shape index (κ1) is 38.7. The second-order valence-electron chi connectivity index (χ2n) is 12.7. The molecule has 4 rings (SSSR count). The second kappa shape index (κ2) is 19.3. The van der Waals surface area contributed by atoms with Gasteiger partial charge < -0.3 is 49.3 Å². The van der Waals surface area contributed by atoms with Gasteiger partial charge in [0.15, 0.2) is 11.9 Å². The van der Waals surface area contributed by atoms with Gasteiger partial charge in [0.05, 0.1) is 12.5 Å². The molecule has 1 aliphatic heterocycles. The lowest BCUT2D eigenvalue weighted by Gasteiger charge is -2.22. The van der Waals surface area contributed by atoms with E-state index in [0.29, 0.717) is 37.8 Å². The first-order valence-electron chi connectivity index (χ1n) is 17.2. The predicted octanol–water partition coefficient (Wildman–Crippen LogP) is 0.194. The lowest BCUT2D eigenvalue weighted by atomic mass is 9.97. The number of amides is 4. The second-order valence-corrected chi connectivity index (χ2v) is 12.7. The third-order valence-corrected chi connectivity index (χ3v) is 8.51. The number of fused-ring (bicyclic) bond motifs is 1. The molecule has 15 nitrogen and oxygen atoms in total. The van der Waals surface area contributed by atoms with Crippen LogP contribution in [0.15, 0.2) is 88.9 Å². The highest BCUT2D eigenvalue weighted by atomic mass is 16.3. The minimum Gasteiger partial charge on any atom is -0.508 e. The van der Waals surface area contributed by atoms with Gasteiger partial charge in [0, 0.05) is 32.0 Å². The number of phenolic OH excluding ortho intramolecular Hbond substituents is 1. The van der Waals surface area contributed by atoms with Gasteiger partial charge in [-0.15, -0.1) is 0 Å². The average Bonchev–Trinajstić information content (AvgIpc) is 3.11. The molecule has 0 unspecified atom stereocenters. The van der Waals surface area contributed by atoms with Gasteiger partial charge in [0.25, 0.3) is 0 Å². The van der Waals surface area contributed by atoms with Gasteiger partial charge in [-0.2, -0.15) is 0 Å². The maximum Gasteiger partial charge on any atom is 0.243 e. The Kier molecular flexibility index (Phi) is 14.4. The van der Waals surface area contributed by atoms with E-state index in [1.165, 1.54) is 12.1 Å². The summed E-state index contributed by atoms with van der Waals surface area (Å²) >= 11 is 0. The number of aromatic hydroxyl groups is 1. The zero-order valence-corrected chi connectivity index (χ0v) is 29.0. The first-order valence-corrected chi connectivity index (χ1v) is 17.2. The molecule has 15 heteroatoms. The van der Waals surface area contributed by atoms with E-state index < -0.39 is 54.2 Å². The number of benzene rings is 3. The largest absolute Gasteiger partial charge is 0.508 e. The molecular weight excluding hydrogens is 664 g/mol. The maximum atomic E-state index is 13.9. The smallest absolute Gasteiger partial charge is 0.243 e. The van der Waals surface area contributed by atoms with Crippen LogP contribution in [0.5, 0.6) is 5.75 Å². The predicted molar refractivity (Wildman–Crippen MR) is 201 cm³/mol.